The third kappa shape index (κ3) is 3.73. The molecule has 1 aliphatic rings. The fraction of sp³-hybridized carbons (Fsp3) is 0.562. The molecule has 4 nitrogen and oxygen atoms in total. The Kier molecular flexibility index (Phi) is 4.65. The van der Waals surface area contributed by atoms with Crippen molar-refractivity contribution in [1.29, 1.82) is 0 Å². The second kappa shape index (κ2) is 6.27. The number of hydrogen-bond acceptors (Lipinski definition) is 3. The van der Waals surface area contributed by atoms with Gasteiger partial charge >= 0.3 is 0 Å². The Morgan fingerprint density at radius 3 is 2.60 bits per heavy atom. The number of carbonyl (C=O) groups is 1. The average Bonchev–Trinajstić information content (AvgIpc) is 2.38. The van der Waals surface area contributed by atoms with Gasteiger partial charge in [0.15, 0.2) is 6.61 Å². The van der Waals surface area contributed by atoms with Crippen LogP contribution in [0.25, 0.3) is 0 Å². The maximum atomic E-state index is 12.1. The number of piperidine rings is 1. The minimum absolute atomic E-state index is 0.0112. The van der Waals surface area contributed by atoms with Crippen LogP contribution in [-0.4, -0.2) is 41.7 Å². The summed E-state index contributed by atoms with van der Waals surface area (Å²) in [7, 11) is 0. The Labute approximate surface area is 120 Å². The largest absolute Gasteiger partial charge is 0.484 e. The van der Waals surface area contributed by atoms with Gasteiger partial charge in [0.2, 0.25) is 0 Å². The van der Waals surface area contributed by atoms with Gasteiger partial charge in [-0.15, -0.1) is 0 Å². The number of rotatable bonds is 3. The lowest BCUT2D eigenvalue weighted by Crippen LogP contribution is -2.46. The van der Waals surface area contributed by atoms with Crippen molar-refractivity contribution in [3.63, 3.8) is 0 Å². The predicted molar refractivity (Wildman–Crippen MR) is 77.8 cm³/mol. The minimum atomic E-state index is -0.292. The fourth-order valence-electron chi connectivity index (χ4n) is 2.61. The summed E-state index contributed by atoms with van der Waals surface area (Å²) in [6, 6.07) is 5.94. The van der Waals surface area contributed by atoms with Crippen LogP contribution >= 0.6 is 0 Å². The van der Waals surface area contributed by atoms with Crippen molar-refractivity contribution in [3.8, 4) is 5.75 Å². The van der Waals surface area contributed by atoms with Crippen LogP contribution in [0.5, 0.6) is 5.75 Å². The second-order valence-corrected chi connectivity index (χ2v) is 5.79. The molecular formula is C16H23NO3. The number of ether oxygens (including phenoxy) is 1. The Hall–Kier alpha value is -1.55. The molecular weight excluding hydrogens is 254 g/mol. The number of hydrogen-bond donors (Lipinski definition) is 1. The van der Waals surface area contributed by atoms with Gasteiger partial charge in [0.25, 0.3) is 5.91 Å². The van der Waals surface area contributed by atoms with Crippen LogP contribution in [0.4, 0.5) is 0 Å². The number of carbonyl (C=O) groups excluding carboxylic acids is 1. The van der Waals surface area contributed by atoms with Crippen LogP contribution in [0, 0.1) is 19.8 Å². The van der Waals surface area contributed by atoms with Gasteiger partial charge in [0, 0.05) is 13.1 Å². The van der Waals surface area contributed by atoms with E-state index in [4.69, 9.17) is 4.74 Å². The van der Waals surface area contributed by atoms with E-state index in [1.54, 1.807) is 4.90 Å². The van der Waals surface area contributed by atoms with E-state index in [-0.39, 0.29) is 24.5 Å². The molecule has 2 rings (SSSR count). The van der Waals surface area contributed by atoms with Crippen LogP contribution < -0.4 is 4.74 Å². The average molecular weight is 277 g/mol. The summed E-state index contributed by atoms with van der Waals surface area (Å²) in [5, 5.41) is 9.68. The van der Waals surface area contributed by atoms with E-state index >= 15 is 0 Å². The molecule has 0 radical (unpaired) electrons. The zero-order valence-electron chi connectivity index (χ0n) is 12.4. The number of amides is 1. The molecule has 0 spiro atoms. The van der Waals surface area contributed by atoms with Crippen LogP contribution in [0.3, 0.4) is 0 Å². The molecule has 0 saturated carbocycles. The standard InChI is InChI=1S/C16H23NO3/c1-11-6-12(2)8-14(7-11)20-10-16(19)17-5-4-15(18)13(3)9-17/h6-8,13,15,18H,4-5,9-10H2,1-3H3. The maximum absolute atomic E-state index is 12.1. The van der Waals surface area contributed by atoms with E-state index in [2.05, 4.69) is 6.07 Å². The lowest BCUT2D eigenvalue weighted by atomic mass is 9.97. The van der Waals surface area contributed by atoms with Crippen LogP contribution in [0.2, 0.25) is 0 Å². The molecule has 20 heavy (non-hydrogen) atoms. The van der Waals surface area contributed by atoms with E-state index in [1.165, 1.54) is 0 Å². The molecule has 1 aliphatic heterocycles. The van der Waals surface area contributed by atoms with Crippen LogP contribution in [-0.2, 0) is 4.79 Å². The molecule has 2 atom stereocenters. The van der Waals surface area contributed by atoms with Gasteiger partial charge in [-0.25, -0.2) is 0 Å². The summed E-state index contributed by atoms with van der Waals surface area (Å²) in [4.78, 5) is 13.9. The minimum Gasteiger partial charge on any atom is -0.484 e. The van der Waals surface area contributed by atoms with Gasteiger partial charge in [-0.05, 0) is 49.4 Å². The molecule has 1 fully saturated rings. The molecule has 110 valence electrons. The normalized spacial score (nSPS) is 22.7. The summed E-state index contributed by atoms with van der Waals surface area (Å²) < 4.78 is 5.59. The molecule has 0 aromatic heterocycles. The second-order valence-electron chi connectivity index (χ2n) is 5.79. The van der Waals surface area contributed by atoms with Crippen molar-refractivity contribution >= 4 is 5.91 Å². The van der Waals surface area contributed by atoms with Gasteiger partial charge in [0.05, 0.1) is 6.10 Å². The van der Waals surface area contributed by atoms with Gasteiger partial charge in [-0.2, -0.15) is 0 Å². The van der Waals surface area contributed by atoms with E-state index in [9.17, 15) is 9.90 Å². The molecule has 0 aliphatic carbocycles. The SMILES string of the molecule is Cc1cc(C)cc(OCC(=O)N2CCC(O)C(C)C2)c1. The van der Waals surface area contributed by atoms with Crippen LogP contribution in [0.15, 0.2) is 18.2 Å². The Bertz CT molecular complexity index is 466. The molecule has 1 aromatic carbocycles. The predicted octanol–water partition coefficient (Wildman–Crippen LogP) is 1.91. The first-order valence-electron chi connectivity index (χ1n) is 7.12. The third-order valence-electron chi connectivity index (χ3n) is 3.77. The number of nitrogens with zero attached hydrogens (tertiary/aromatic N) is 1. The Morgan fingerprint density at radius 1 is 1.35 bits per heavy atom. The first kappa shape index (κ1) is 14.9. The highest BCUT2D eigenvalue weighted by molar-refractivity contribution is 5.77. The lowest BCUT2D eigenvalue weighted by molar-refractivity contribution is -0.136. The van der Waals surface area contributed by atoms with Gasteiger partial charge in [0.1, 0.15) is 5.75 Å². The molecule has 1 heterocycles. The van der Waals surface area contributed by atoms with Crippen molar-refractivity contribution in [2.24, 2.45) is 5.92 Å². The monoisotopic (exact) mass is 277 g/mol. The van der Waals surface area contributed by atoms with E-state index in [0.29, 0.717) is 19.5 Å². The number of aliphatic hydroxyl groups excluding tert-OH is 1. The van der Waals surface area contributed by atoms with E-state index < -0.39 is 0 Å². The van der Waals surface area contributed by atoms with Crippen molar-refractivity contribution in [2.75, 3.05) is 19.7 Å². The summed E-state index contributed by atoms with van der Waals surface area (Å²) >= 11 is 0. The third-order valence-corrected chi connectivity index (χ3v) is 3.77. The number of benzene rings is 1. The molecule has 1 N–H and O–H groups in total. The topological polar surface area (TPSA) is 49.8 Å². The smallest absolute Gasteiger partial charge is 0.260 e. The summed E-state index contributed by atoms with van der Waals surface area (Å²) in [6.07, 6.45) is 0.357. The summed E-state index contributed by atoms with van der Waals surface area (Å²) in [5.74, 6) is 0.859. The number of likely N-dealkylation sites (tertiary alicyclic amines) is 1. The molecule has 1 amide bonds. The summed E-state index contributed by atoms with van der Waals surface area (Å²) in [5.41, 5.74) is 2.25. The van der Waals surface area contributed by atoms with Gasteiger partial charge in [-0.3, -0.25) is 4.79 Å². The van der Waals surface area contributed by atoms with E-state index in [0.717, 1.165) is 16.9 Å². The quantitative estimate of drug-likeness (QED) is 0.918. The number of aliphatic hydroxyl groups is 1. The number of aryl methyl sites for hydroxylation is 2. The molecule has 0 bridgehead atoms. The Morgan fingerprint density at radius 2 is 2.00 bits per heavy atom. The maximum Gasteiger partial charge on any atom is 0.260 e. The van der Waals surface area contributed by atoms with Gasteiger partial charge < -0.3 is 14.7 Å². The summed E-state index contributed by atoms with van der Waals surface area (Å²) in [6.45, 7) is 7.27. The molecule has 1 aromatic rings. The van der Waals surface area contributed by atoms with Crippen molar-refractivity contribution < 1.29 is 14.6 Å². The van der Waals surface area contributed by atoms with E-state index in [1.807, 2.05) is 32.9 Å². The zero-order valence-corrected chi connectivity index (χ0v) is 12.4. The highest BCUT2D eigenvalue weighted by Crippen LogP contribution is 2.18. The fourth-order valence-corrected chi connectivity index (χ4v) is 2.61. The van der Waals surface area contributed by atoms with Crippen molar-refractivity contribution in [3.05, 3.63) is 29.3 Å². The Balaban J connectivity index is 1.89. The van der Waals surface area contributed by atoms with Gasteiger partial charge in [-0.1, -0.05) is 13.0 Å². The van der Waals surface area contributed by atoms with Crippen LogP contribution in [0.1, 0.15) is 24.5 Å². The van der Waals surface area contributed by atoms with Crippen molar-refractivity contribution in [2.45, 2.75) is 33.3 Å². The highest BCUT2D eigenvalue weighted by Gasteiger charge is 2.27. The lowest BCUT2D eigenvalue weighted by Gasteiger charge is -2.34. The first-order valence-corrected chi connectivity index (χ1v) is 7.12. The molecule has 2 unspecified atom stereocenters. The van der Waals surface area contributed by atoms with Crippen molar-refractivity contribution in [1.82, 2.24) is 4.90 Å². The molecule has 4 heteroatoms. The zero-order chi connectivity index (χ0) is 14.7. The molecule has 1 saturated heterocycles. The first-order chi connectivity index (χ1) is 9.45. The highest BCUT2D eigenvalue weighted by atomic mass is 16.5.